The van der Waals surface area contributed by atoms with Crippen molar-refractivity contribution < 1.29 is 0 Å². The highest BCUT2D eigenvalue weighted by Gasteiger charge is 2.36. The van der Waals surface area contributed by atoms with Crippen molar-refractivity contribution in [2.45, 2.75) is 19.4 Å². The quantitative estimate of drug-likeness (QED) is 0.809. The zero-order valence-electron chi connectivity index (χ0n) is 8.92. The summed E-state index contributed by atoms with van der Waals surface area (Å²) in [5.74, 6) is 1.53. The van der Waals surface area contributed by atoms with E-state index in [4.69, 9.17) is 12.2 Å². The fourth-order valence-electron chi connectivity index (χ4n) is 1.95. The summed E-state index contributed by atoms with van der Waals surface area (Å²) in [4.78, 5) is 4.31. The Morgan fingerprint density at radius 1 is 1.50 bits per heavy atom. The summed E-state index contributed by atoms with van der Waals surface area (Å²) in [6.07, 6.45) is 2.95. The fraction of sp³-hybridized carbons (Fsp3) is 0.364. The Morgan fingerprint density at radius 2 is 2.31 bits per heavy atom. The predicted molar refractivity (Wildman–Crippen MR) is 63.5 cm³/mol. The molecule has 2 aromatic heterocycles. The molecule has 1 aliphatic carbocycles. The van der Waals surface area contributed by atoms with Gasteiger partial charge >= 0.3 is 0 Å². The molecule has 16 heavy (non-hydrogen) atoms. The molecule has 1 aliphatic rings. The first-order valence-electron chi connectivity index (χ1n) is 5.35. The van der Waals surface area contributed by atoms with Gasteiger partial charge in [0.25, 0.3) is 0 Å². The lowest BCUT2D eigenvalue weighted by atomic mass is 10.3. The van der Waals surface area contributed by atoms with Crippen molar-refractivity contribution in [3.05, 3.63) is 29.2 Å². The smallest absolute Gasteiger partial charge is 0.195 e. The molecule has 0 amide bonds. The van der Waals surface area contributed by atoms with Gasteiger partial charge in [0.1, 0.15) is 5.69 Å². The Balaban J connectivity index is 2.12. The van der Waals surface area contributed by atoms with Crippen LogP contribution in [0.15, 0.2) is 24.4 Å². The first-order valence-corrected chi connectivity index (χ1v) is 5.76. The van der Waals surface area contributed by atoms with Crippen LogP contribution in [0.4, 0.5) is 0 Å². The van der Waals surface area contributed by atoms with Crippen molar-refractivity contribution in [2.24, 2.45) is 5.92 Å². The molecule has 2 heterocycles. The van der Waals surface area contributed by atoms with Crippen LogP contribution in [0, 0.1) is 10.7 Å². The van der Waals surface area contributed by atoms with Crippen molar-refractivity contribution in [1.29, 1.82) is 0 Å². The van der Waals surface area contributed by atoms with Gasteiger partial charge in [-0.1, -0.05) is 13.0 Å². The van der Waals surface area contributed by atoms with Gasteiger partial charge in [-0.15, -0.1) is 0 Å². The first kappa shape index (κ1) is 9.72. The topological polar surface area (TPSA) is 46.5 Å². The van der Waals surface area contributed by atoms with E-state index in [1.165, 1.54) is 6.42 Å². The van der Waals surface area contributed by atoms with Crippen LogP contribution in [-0.2, 0) is 0 Å². The number of H-pyrrole nitrogens is 1. The van der Waals surface area contributed by atoms with Gasteiger partial charge in [0.2, 0.25) is 0 Å². The zero-order valence-corrected chi connectivity index (χ0v) is 9.74. The molecule has 1 fully saturated rings. The fourth-order valence-corrected chi connectivity index (χ4v) is 2.22. The van der Waals surface area contributed by atoms with Crippen LogP contribution in [0.1, 0.15) is 19.4 Å². The minimum atomic E-state index is 0.489. The first-order chi connectivity index (χ1) is 7.77. The Bertz CT molecular complexity index is 557. The molecule has 82 valence electrons. The monoisotopic (exact) mass is 232 g/mol. The third-order valence-electron chi connectivity index (χ3n) is 3.00. The summed E-state index contributed by atoms with van der Waals surface area (Å²) in [6, 6.07) is 6.30. The molecule has 2 atom stereocenters. The molecule has 0 saturated heterocycles. The molecular weight excluding hydrogens is 220 g/mol. The molecule has 1 saturated carbocycles. The van der Waals surface area contributed by atoms with E-state index in [2.05, 4.69) is 26.7 Å². The highest BCUT2D eigenvalue weighted by molar-refractivity contribution is 7.71. The maximum atomic E-state index is 5.26. The van der Waals surface area contributed by atoms with Gasteiger partial charge in [-0.2, -0.15) is 5.10 Å². The number of rotatable bonds is 2. The van der Waals surface area contributed by atoms with Crippen molar-refractivity contribution >= 4 is 12.2 Å². The molecule has 0 spiro atoms. The average molecular weight is 232 g/mol. The second kappa shape index (κ2) is 3.52. The number of aromatic amines is 1. The number of aromatic nitrogens is 4. The van der Waals surface area contributed by atoms with Crippen LogP contribution in [0.3, 0.4) is 0 Å². The van der Waals surface area contributed by atoms with Gasteiger partial charge in [0.05, 0.1) is 0 Å². The van der Waals surface area contributed by atoms with Gasteiger partial charge in [-0.25, -0.2) is 0 Å². The lowest BCUT2D eigenvalue weighted by Crippen LogP contribution is -2.00. The van der Waals surface area contributed by atoms with Crippen LogP contribution in [-0.4, -0.2) is 19.7 Å². The van der Waals surface area contributed by atoms with E-state index in [0.29, 0.717) is 16.7 Å². The van der Waals surface area contributed by atoms with E-state index in [9.17, 15) is 0 Å². The molecule has 5 heteroatoms. The van der Waals surface area contributed by atoms with Crippen LogP contribution in [0.25, 0.3) is 11.5 Å². The third-order valence-corrected chi connectivity index (χ3v) is 3.29. The van der Waals surface area contributed by atoms with Crippen LogP contribution in [0.2, 0.25) is 0 Å². The third kappa shape index (κ3) is 1.48. The van der Waals surface area contributed by atoms with E-state index in [0.717, 1.165) is 11.5 Å². The van der Waals surface area contributed by atoms with Crippen LogP contribution in [0.5, 0.6) is 0 Å². The molecule has 2 aromatic rings. The maximum Gasteiger partial charge on any atom is 0.195 e. The molecule has 3 rings (SSSR count). The van der Waals surface area contributed by atoms with E-state index in [1.807, 2.05) is 18.2 Å². The molecule has 4 nitrogen and oxygen atoms in total. The number of hydrogen-bond donors (Lipinski definition) is 1. The number of nitrogens with one attached hydrogen (secondary N) is 1. The summed E-state index contributed by atoms with van der Waals surface area (Å²) >= 11 is 5.26. The Labute approximate surface area is 98.3 Å². The standard InChI is InChI=1S/C11H12N4S/c1-7-6-9(7)15-10(13-14-11(15)16)8-4-2-3-5-12-8/h2-5,7,9H,6H2,1H3,(H,14,16). The molecule has 0 radical (unpaired) electrons. The second-order valence-electron chi connectivity index (χ2n) is 4.22. The lowest BCUT2D eigenvalue weighted by Gasteiger charge is -2.04. The van der Waals surface area contributed by atoms with Crippen molar-refractivity contribution in [3.8, 4) is 11.5 Å². The number of hydrogen-bond acceptors (Lipinski definition) is 3. The lowest BCUT2D eigenvalue weighted by molar-refractivity contribution is 0.679. The minimum absolute atomic E-state index is 0.489. The van der Waals surface area contributed by atoms with E-state index in [1.54, 1.807) is 6.20 Å². The van der Waals surface area contributed by atoms with Crippen molar-refractivity contribution in [2.75, 3.05) is 0 Å². The van der Waals surface area contributed by atoms with Crippen molar-refractivity contribution in [1.82, 2.24) is 19.7 Å². The molecule has 1 N–H and O–H groups in total. The van der Waals surface area contributed by atoms with Crippen LogP contribution >= 0.6 is 12.2 Å². The summed E-state index contributed by atoms with van der Waals surface area (Å²) < 4.78 is 2.78. The van der Waals surface area contributed by atoms with E-state index in [-0.39, 0.29) is 0 Å². The van der Waals surface area contributed by atoms with Gasteiger partial charge in [0, 0.05) is 12.2 Å². The number of pyridine rings is 1. The molecule has 2 unspecified atom stereocenters. The highest BCUT2D eigenvalue weighted by atomic mass is 32.1. The SMILES string of the molecule is CC1CC1n1c(-c2ccccn2)n[nH]c1=S. The molecule has 0 bridgehead atoms. The maximum absolute atomic E-state index is 5.26. The Kier molecular flexibility index (Phi) is 2.14. The van der Waals surface area contributed by atoms with Crippen molar-refractivity contribution in [3.63, 3.8) is 0 Å². The largest absolute Gasteiger partial charge is 0.295 e. The van der Waals surface area contributed by atoms with Crippen LogP contribution < -0.4 is 0 Å². The number of nitrogens with zero attached hydrogens (tertiary/aromatic N) is 3. The zero-order chi connectivity index (χ0) is 11.1. The second-order valence-corrected chi connectivity index (χ2v) is 4.60. The summed E-state index contributed by atoms with van der Waals surface area (Å²) in [5, 5.41) is 7.12. The molecule has 0 aromatic carbocycles. The van der Waals surface area contributed by atoms with Gasteiger partial charge in [-0.3, -0.25) is 14.6 Å². The van der Waals surface area contributed by atoms with E-state index >= 15 is 0 Å². The van der Waals surface area contributed by atoms with Gasteiger partial charge in [-0.05, 0) is 36.7 Å². The summed E-state index contributed by atoms with van der Waals surface area (Å²) in [7, 11) is 0. The van der Waals surface area contributed by atoms with E-state index < -0.39 is 0 Å². The molecular formula is C11H12N4S. The summed E-state index contributed by atoms with van der Waals surface area (Å²) in [6.45, 7) is 2.22. The molecule has 0 aliphatic heterocycles. The normalized spacial score (nSPS) is 23.3. The van der Waals surface area contributed by atoms with Gasteiger partial charge in [0.15, 0.2) is 10.6 Å². The Morgan fingerprint density at radius 3 is 2.94 bits per heavy atom. The predicted octanol–water partition coefficient (Wildman–Crippen LogP) is 2.58. The Hall–Kier alpha value is -1.49. The average Bonchev–Trinajstić information content (AvgIpc) is 2.88. The highest BCUT2D eigenvalue weighted by Crippen LogP contribution is 2.44. The minimum Gasteiger partial charge on any atom is -0.295 e. The van der Waals surface area contributed by atoms with Gasteiger partial charge < -0.3 is 0 Å². The summed E-state index contributed by atoms with van der Waals surface area (Å²) in [5.41, 5.74) is 0.869.